The Morgan fingerprint density at radius 2 is 1.71 bits per heavy atom. The van der Waals surface area contributed by atoms with Crippen molar-refractivity contribution in [2.24, 2.45) is 5.41 Å². The van der Waals surface area contributed by atoms with Crippen LogP contribution in [0.1, 0.15) is 26.3 Å². The molecule has 1 aliphatic heterocycles. The Labute approximate surface area is 144 Å². The van der Waals surface area contributed by atoms with Crippen molar-refractivity contribution in [3.8, 4) is 5.75 Å². The molecule has 1 aliphatic rings. The highest BCUT2D eigenvalue weighted by molar-refractivity contribution is 7.89. The van der Waals surface area contributed by atoms with Crippen molar-refractivity contribution < 1.29 is 17.9 Å². The van der Waals surface area contributed by atoms with E-state index in [0.29, 0.717) is 31.9 Å². The predicted molar refractivity (Wildman–Crippen MR) is 92.5 cm³/mol. The van der Waals surface area contributed by atoms with E-state index in [-0.39, 0.29) is 10.8 Å². The first-order valence-corrected chi connectivity index (χ1v) is 9.45. The molecule has 2 rings (SSSR count). The van der Waals surface area contributed by atoms with E-state index < -0.39 is 15.4 Å². The standard InChI is InChI=1S/C17H26N2O4S/c1-13-6-7-14(23-5)15(12-13)24(21,22)19-10-8-18(9-11-19)16(20)17(2,3)4/h6-7,12H,8-11H2,1-5H3. The zero-order valence-corrected chi connectivity index (χ0v) is 15.8. The fourth-order valence-electron chi connectivity index (χ4n) is 2.73. The molecule has 0 atom stereocenters. The Balaban J connectivity index is 2.19. The number of carbonyl (C=O) groups is 1. The van der Waals surface area contributed by atoms with Crippen molar-refractivity contribution in [1.29, 1.82) is 0 Å². The average Bonchev–Trinajstić information content (AvgIpc) is 2.53. The van der Waals surface area contributed by atoms with E-state index in [1.807, 2.05) is 33.8 Å². The van der Waals surface area contributed by atoms with Gasteiger partial charge in [-0.3, -0.25) is 4.79 Å². The highest BCUT2D eigenvalue weighted by Gasteiger charge is 2.34. The smallest absolute Gasteiger partial charge is 0.246 e. The van der Waals surface area contributed by atoms with E-state index in [1.165, 1.54) is 11.4 Å². The van der Waals surface area contributed by atoms with Crippen LogP contribution in [-0.4, -0.2) is 56.8 Å². The van der Waals surface area contributed by atoms with Crippen LogP contribution < -0.4 is 4.74 Å². The molecule has 0 N–H and O–H groups in total. The van der Waals surface area contributed by atoms with Gasteiger partial charge in [-0.1, -0.05) is 26.8 Å². The van der Waals surface area contributed by atoms with E-state index in [9.17, 15) is 13.2 Å². The van der Waals surface area contributed by atoms with Gasteiger partial charge in [0, 0.05) is 31.6 Å². The molecule has 0 saturated carbocycles. The van der Waals surface area contributed by atoms with Gasteiger partial charge in [0.05, 0.1) is 7.11 Å². The second-order valence-electron chi connectivity index (χ2n) is 7.10. The van der Waals surface area contributed by atoms with Crippen molar-refractivity contribution in [3.05, 3.63) is 23.8 Å². The van der Waals surface area contributed by atoms with Crippen molar-refractivity contribution in [3.63, 3.8) is 0 Å². The molecule has 0 spiro atoms. The Morgan fingerprint density at radius 3 is 2.21 bits per heavy atom. The van der Waals surface area contributed by atoms with Crippen LogP contribution in [0.15, 0.2) is 23.1 Å². The average molecular weight is 354 g/mol. The molecule has 1 amide bonds. The summed E-state index contributed by atoms with van der Waals surface area (Å²) in [5.41, 5.74) is 0.400. The number of benzene rings is 1. The van der Waals surface area contributed by atoms with E-state index in [2.05, 4.69) is 0 Å². The van der Waals surface area contributed by atoms with Gasteiger partial charge in [-0.2, -0.15) is 4.31 Å². The van der Waals surface area contributed by atoms with Gasteiger partial charge in [0.15, 0.2) is 0 Å². The normalized spacial score (nSPS) is 17.0. The number of amides is 1. The Kier molecular flexibility index (Phi) is 5.25. The third-order valence-corrected chi connectivity index (χ3v) is 6.02. The molecule has 1 aromatic carbocycles. The third-order valence-electron chi connectivity index (χ3n) is 4.10. The molecular formula is C17H26N2O4S. The lowest BCUT2D eigenvalue weighted by molar-refractivity contribution is -0.140. The third kappa shape index (κ3) is 3.72. The number of methoxy groups -OCH3 is 1. The molecule has 1 aromatic rings. The number of nitrogens with zero attached hydrogens (tertiary/aromatic N) is 2. The van der Waals surface area contributed by atoms with Crippen LogP contribution in [-0.2, 0) is 14.8 Å². The SMILES string of the molecule is COc1ccc(C)cc1S(=O)(=O)N1CCN(C(=O)C(C)(C)C)CC1. The minimum absolute atomic E-state index is 0.0488. The fraction of sp³-hybridized carbons (Fsp3) is 0.588. The van der Waals surface area contributed by atoms with E-state index in [1.54, 1.807) is 17.0 Å². The number of hydrogen-bond donors (Lipinski definition) is 0. The van der Waals surface area contributed by atoms with E-state index >= 15 is 0 Å². The van der Waals surface area contributed by atoms with Crippen molar-refractivity contribution in [2.75, 3.05) is 33.3 Å². The van der Waals surface area contributed by atoms with Gasteiger partial charge in [-0.15, -0.1) is 0 Å². The summed E-state index contributed by atoms with van der Waals surface area (Å²) >= 11 is 0. The number of sulfonamides is 1. The molecule has 0 radical (unpaired) electrons. The summed E-state index contributed by atoms with van der Waals surface area (Å²) in [5, 5.41) is 0. The molecule has 0 aliphatic carbocycles. The molecular weight excluding hydrogens is 328 g/mol. The van der Waals surface area contributed by atoms with E-state index in [4.69, 9.17) is 4.74 Å². The topological polar surface area (TPSA) is 66.9 Å². The van der Waals surface area contributed by atoms with Crippen LogP contribution >= 0.6 is 0 Å². The molecule has 0 unspecified atom stereocenters. The fourth-order valence-corrected chi connectivity index (χ4v) is 4.39. The van der Waals surface area contributed by atoms with Gasteiger partial charge in [0.25, 0.3) is 0 Å². The number of piperazine rings is 1. The molecule has 1 fully saturated rings. The lowest BCUT2D eigenvalue weighted by Gasteiger charge is -2.37. The van der Waals surface area contributed by atoms with Crippen molar-refractivity contribution in [2.45, 2.75) is 32.6 Å². The number of carbonyl (C=O) groups excluding carboxylic acids is 1. The second-order valence-corrected chi connectivity index (χ2v) is 9.01. The summed E-state index contributed by atoms with van der Waals surface area (Å²) in [4.78, 5) is 14.2. The Hall–Kier alpha value is -1.60. The summed E-state index contributed by atoms with van der Waals surface area (Å²) in [5.74, 6) is 0.390. The van der Waals surface area contributed by atoms with Crippen LogP contribution in [0.5, 0.6) is 5.75 Å². The molecule has 6 nitrogen and oxygen atoms in total. The molecule has 24 heavy (non-hydrogen) atoms. The summed E-state index contributed by atoms with van der Waals surface area (Å²) < 4.78 is 32.5. The van der Waals surface area contributed by atoms with Crippen LogP contribution in [0, 0.1) is 12.3 Å². The number of aryl methyl sites for hydroxylation is 1. The summed E-state index contributed by atoms with van der Waals surface area (Å²) in [7, 11) is -2.18. The highest BCUT2D eigenvalue weighted by Crippen LogP contribution is 2.29. The predicted octanol–water partition coefficient (Wildman–Crippen LogP) is 1.88. The highest BCUT2D eigenvalue weighted by atomic mass is 32.2. The van der Waals surface area contributed by atoms with Crippen LogP contribution in [0.2, 0.25) is 0 Å². The Bertz CT molecular complexity index is 715. The summed E-state index contributed by atoms with van der Waals surface area (Å²) in [6.45, 7) is 8.86. The molecule has 0 bridgehead atoms. The lowest BCUT2D eigenvalue weighted by Crippen LogP contribution is -2.52. The first-order valence-electron chi connectivity index (χ1n) is 8.01. The van der Waals surface area contributed by atoms with E-state index in [0.717, 1.165) is 5.56 Å². The van der Waals surface area contributed by atoms with Gasteiger partial charge in [-0.05, 0) is 24.6 Å². The van der Waals surface area contributed by atoms with Crippen molar-refractivity contribution in [1.82, 2.24) is 9.21 Å². The Morgan fingerprint density at radius 1 is 1.12 bits per heavy atom. The van der Waals surface area contributed by atoms with Crippen LogP contribution in [0.3, 0.4) is 0 Å². The number of ether oxygens (including phenoxy) is 1. The quantitative estimate of drug-likeness (QED) is 0.831. The number of hydrogen-bond acceptors (Lipinski definition) is 4. The minimum Gasteiger partial charge on any atom is -0.495 e. The maximum Gasteiger partial charge on any atom is 0.246 e. The first-order chi connectivity index (χ1) is 11.1. The monoisotopic (exact) mass is 354 g/mol. The van der Waals surface area contributed by atoms with Gasteiger partial charge in [0.2, 0.25) is 15.9 Å². The zero-order valence-electron chi connectivity index (χ0n) is 15.0. The molecule has 0 aromatic heterocycles. The van der Waals surface area contributed by atoms with Gasteiger partial charge in [-0.25, -0.2) is 8.42 Å². The number of rotatable bonds is 3. The maximum absolute atomic E-state index is 12.9. The van der Waals surface area contributed by atoms with Gasteiger partial charge < -0.3 is 9.64 Å². The first kappa shape index (κ1) is 18.7. The molecule has 1 heterocycles. The van der Waals surface area contributed by atoms with Gasteiger partial charge in [0.1, 0.15) is 10.6 Å². The zero-order chi connectivity index (χ0) is 18.1. The van der Waals surface area contributed by atoms with Gasteiger partial charge >= 0.3 is 0 Å². The minimum atomic E-state index is -3.64. The molecule has 7 heteroatoms. The van der Waals surface area contributed by atoms with Crippen LogP contribution in [0.25, 0.3) is 0 Å². The maximum atomic E-state index is 12.9. The van der Waals surface area contributed by atoms with Crippen molar-refractivity contribution >= 4 is 15.9 Å². The lowest BCUT2D eigenvalue weighted by atomic mass is 9.94. The second kappa shape index (κ2) is 6.72. The van der Waals surface area contributed by atoms with Crippen LogP contribution in [0.4, 0.5) is 0 Å². The summed E-state index contributed by atoms with van der Waals surface area (Å²) in [6, 6.07) is 5.11. The molecule has 134 valence electrons. The molecule has 1 saturated heterocycles. The summed E-state index contributed by atoms with van der Waals surface area (Å²) in [6.07, 6.45) is 0. The largest absolute Gasteiger partial charge is 0.495 e.